The average Bonchev–Trinajstić information content (AvgIpc) is 3.20. The second kappa shape index (κ2) is 7.56. The second-order valence-electron chi connectivity index (χ2n) is 8.28. The number of rotatable bonds is 4. The van der Waals surface area contributed by atoms with Gasteiger partial charge < -0.3 is 10.1 Å². The summed E-state index contributed by atoms with van der Waals surface area (Å²) in [5.74, 6) is 1.25. The number of aryl methyl sites for hydroxylation is 1. The topological polar surface area (TPSA) is 68.3 Å². The number of nitrogens with zero attached hydrogens (tertiary/aromatic N) is 1. The molecule has 152 valence electrons. The molecule has 30 heavy (non-hydrogen) atoms. The third kappa shape index (κ3) is 3.45. The van der Waals surface area contributed by atoms with Crippen molar-refractivity contribution in [2.45, 2.75) is 38.7 Å². The van der Waals surface area contributed by atoms with Gasteiger partial charge in [0.05, 0.1) is 5.52 Å². The van der Waals surface area contributed by atoms with Gasteiger partial charge in [-0.2, -0.15) is 0 Å². The smallest absolute Gasteiger partial charge is 0.220 e. The van der Waals surface area contributed by atoms with E-state index < -0.39 is 0 Å². The van der Waals surface area contributed by atoms with Crippen LogP contribution in [-0.2, 0) is 11.2 Å². The molecular formula is C25H24N2O3. The number of hydrogen-bond acceptors (Lipinski definition) is 4. The van der Waals surface area contributed by atoms with E-state index in [0.29, 0.717) is 19.4 Å². The zero-order valence-corrected chi connectivity index (χ0v) is 17.0. The van der Waals surface area contributed by atoms with Gasteiger partial charge in [-0.25, -0.2) is 0 Å². The number of nitrogens with one attached hydrogen (secondary N) is 1. The first-order valence-corrected chi connectivity index (χ1v) is 10.6. The Balaban J connectivity index is 1.54. The first-order valence-electron chi connectivity index (χ1n) is 10.6. The molecule has 2 atom stereocenters. The highest BCUT2D eigenvalue weighted by Gasteiger charge is 2.28. The van der Waals surface area contributed by atoms with Crippen molar-refractivity contribution in [2.75, 3.05) is 6.54 Å². The molecule has 1 aliphatic heterocycles. The Labute approximate surface area is 175 Å². The van der Waals surface area contributed by atoms with Crippen LogP contribution >= 0.6 is 0 Å². The predicted molar refractivity (Wildman–Crippen MR) is 116 cm³/mol. The number of aromatic nitrogens is 1. The highest BCUT2D eigenvalue weighted by atomic mass is 16.5. The number of carbonyl (C=O) groups excluding carboxylic acids is 2. The number of fused-ring (bicyclic) bond motifs is 2. The Hall–Kier alpha value is -3.21. The molecule has 0 saturated carbocycles. The molecule has 1 aromatic heterocycles. The third-order valence-corrected chi connectivity index (χ3v) is 6.26. The summed E-state index contributed by atoms with van der Waals surface area (Å²) in [6.45, 7) is 2.67. The molecule has 3 aromatic rings. The van der Waals surface area contributed by atoms with Gasteiger partial charge in [0.25, 0.3) is 0 Å². The molecule has 5 nitrogen and oxygen atoms in total. The lowest BCUT2D eigenvalue weighted by Gasteiger charge is -2.21. The minimum absolute atomic E-state index is 0.0827. The molecule has 5 rings (SSSR count). The van der Waals surface area contributed by atoms with Crippen molar-refractivity contribution in [3.8, 4) is 16.9 Å². The van der Waals surface area contributed by atoms with Gasteiger partial charge in [-0.05, 0) is 60.7 Å². The van der Waals surface area contributed by atoms with Gasteiger partial charge in [0.15, 0.2) is 5.78 Å². The first kappa shape index (κ1) is 18.8. The summed E-state index contributed by atoms with van der Waals surface area (Å²) in [6.07, 6.45) is 4.67. The van der Waals surface area contributed by atoms with Gasteiger partial charge in [0.2, 0.25) is 5.91 Å². The van der Waals surface area contributed by atoms with Crippen molar-refractivity contribution in [3.05, 3.63) is 59.8 Å². The summed E-state index contributed by atoms with van der Waals surface area (Å²) in [4.78, 5) is 28.3. The van der Waals surface area contributed by atoms with Crippen LogP contribution in [0, 0.1) is 5.92 Å². The van der Waals surface area contributed by atoms with E-state index in [-0.39, 0.29) is 23.7 Å². The van der Waals surface area contributed by atoms with Crippen molar-refractivity contribution >= 4 is 22.6 Å². The van der Waals surface area contributed by atoms with E-state index in [9.17, 15) is 9.59 Å². The Bertz CT molecular complexity index is 1150. The van der Waals surface area contributed by atoms with Crippen LogP contribution in [0.1, 0.15) is 42.1 Å². The van der Waals surface area contributed by atoms with E-state index in [4.69, 9.17) is 4.74 Å². The summed E-state index contributed by atoms with van der Waals surface area (Å²) in [7, 11) is 0. The maximum absolute atomic E-state index is 12.2. The molecule has 2 aliphatic rings. The molecule has 0 radical (unpaired) electrons. The van der Waals surface area contributed by atoms with Gasteiger partial charge >= 0.3 is 0 Å². The monoisotopic (exact) mass is 400 g/mol. The highest BCUT2D eigenvalue weighted by Crippen LogP contribution is 2.35. The van der Waals surface area contributed by atoms with Gasteiger partial charge in [0.1, 0.15) is 11.9 Å². The third-order valence-electron chi connectivity index (χ3n) is 6.26. The van der Waals surface area contributed by atoms with E-state index in [1.165, 1.54) is 0 Å². The van der Waals surface area contributed by atoms with Crippen LogP contribution in [0.15, 0.2) is 48.7 Å². The number of pyridine rings is 1. The van der Waals surface area contributed by atoms with Crippen LogP contribution in [0.3, 0.4) is 0 Å². The van der Waals surface area contributed by atoms with Gasteiger partial charge in [-0.1, -0.05) is 18.2 Å². The van der Waals surface area contributed by atoms with Crippen LogP contribution in [0.4, 0.5) is 0 Å². The number of benzene rings is 2. The average molecular weight is 400 g/mol. The van der Waals surface area contributed by atoms with Crippen molar-refractivity contribution in [1.82, 2.24) is 10.3 Å². The maximum Gasteiger partial charge on any atom is 0.220 e. The van der Waals surface area contributed by atoms with Crippen molar-refractivity contribution < 1.29 is 14.3 Å². The fraction of sp³-hybridized carbons (Fsp3) is 0.320. The minimum Gasteiger partial charge on any atom is -0.490 e. The van der Waals surface area contributed by atoms with Crippen LogP contribution in [0.5, 0.6) is 5.75 Å². The van der Waals surface area contributed by atoms with Crippen LogP contribution in [0.25, 0.3) is 22.0 Å². The summed E-state index contributed by atoms with van der Waals surface area (Å²) < 4.78 is 6.37. The normalized spacial score (nSPS) is 19.4. The van der Waals surface area contributed by atoms with Crippen molar-refractivity contribution in [1.29, 1.82) is 0 Å². The molecule has 1 N–H and O–H groups in total. The largest absolute Gasteiger partial charge is 0.490 e. The standard InChI is InChI=1S/C25H24N2O3/c1-15(19-13-25(29)27-14-19)30-24-12-18(11-22-21(24)5-3-9-26-22)16-7-8-20-17(10-16)4-2-6-23(20)28/h3,5,7-12,15,19H,2,4,6,13-14H2,1H3,(H,27,29)/t15-,19-/m1/s1. The SMILES string of the molecule is C[C@@H](Oc1cc(-c2ccc3c(c2)CCCC3=O)cc2ncccc12)[C@H]1CNC(=O)C1. The summed E-state index contributed by atoms with van der Waals surface area (Å²) >= 11 is 0. The number of ketones is 1. The van der Waals surface area contributed by atoms with Crippen molar-refractivity contribution in [3.63, 3.8) is 0 Å². The van der Waals surface area contributed by atoms with E-state index in [2.05, 4.69) is 28.5 Å². The summed E-state index contributed by atoms with van der Waals surface area (Å²) in [6, 6.07) is 14.1. The Morgan fingerprint density at radius 3 is 2.83 bits per heavy atom. The minimum atomic E-state index is -0.0937. The van der Waals surface area contributed by atoms with E-state index in [0.717, 1.165) is 51.7 Å². The quantitative estimate of drug-likeness (QED) is 0.708. The van der Waals surface area contributed by atoms with Gasteiger partial charge in [-0.3, -0.25) is 14.6 Å². The Morgan fingerprint density at radius 2 is 2.00 bits per heavy atom. The van der Waals surface area contributed by atoms with Gasteiger partial charge in [-0.15, -0.1) is 0 Å². The summed E-state index contributed by atoms with van der Waals surface area (Å²) in [5.41, 5.74) is 4.92. The molecule has 1 aliphatic carbocycles. The lowest BCUT2D eigenvalue weighted by Crippen LogP contribution is -2.25. The number of ether oxygens (including phenoxy) is 1. The number of hydrogen-bond donors (Lipinski definition) is 1. The number of Topliss-reactive ketones (excluding diaryl/α,β-unsaturated/α-hetero) is 1. The maximum atomic E-state index is 12.2. The molecule has 1 fully saturated rings. The van der Waals surface area contributed by atoms with Gasteiger partial charge in [0, 0.05) is 42.5 Å². The molecule has 2 aromatic carbocycles. The zero-order valence-electron chi connectivity index (χ0n) is 17.0. The summed E-state index contributed by atoms with van der Waals surface area (Å²) in [5, 5.41) is 3.84. The van der Waals surface area contributed by atoms with Crippen LogP contribution < -0.4 is 10.1 Å². The zero-order chi connectivity index (χ0) is 20.7. The fourth-order valence-corrected chi connectivity index (χ4v) is 4.50. The number of amides is 1. The van der Waals surface area contributed by atoms with Crippen LogP contribution in [-0.4, -0.2) is 29.3 Å². The Morgan fingerprint density at radius 1 is 1.10 bits per heavy atom. The molecule has 0 bridgehead atoms. The molecule has 5 heteroatoms. The Kier molecular flexibility index (Phi) is 4.74. The highest BCUT2D eigenvalue weighted by molar-refractivity contribution is 5.99. The molecule has 0 unspecified atom stereocenters. The molecule has 1 saturated heterocycles. The lowest BCUT2D eigenvalue weighted by atomic mass is 9.88. The molecular weight excluding hydrogens is 376 g/mol. The van der Waals surface area contributed by atoms with E-state index >= 15 is 0 Å². The molecule has 1 amide bonds. The first-order chi connectivity index (χ1) is 14.6. The second-order valence-corrected chi connectivity index (χ2v) is 8.28. The molecule has 2 heterocycles. The molecule has 0 spiro atoms. The predicted octanol–water partition coefficient (Wildman–Crippen LogP) is 4.32. The number of carbonyl (C=O) groups is 2. The van der Waals surface area contributed by atoms with E-state index in [1.54, 1.807) is 6.20 Å². The fourth-order valence-electron chi connectivity index (χ4n) is 4.50. The van der Waals surface area contributed by atoms with Crippen molar-refractivity contribution in [2.24, 2.45) is 5.92 Å². The van der Waals surface area contributed by atoms with E-state index in [1.807, 2.05) is 31.2 Å². The lowest BCUT2D eigenvalue weighted by molar-refractivity contribution is -0.119. The van der Waals surface area contributed by atoms with Crippen LogP contribution in [0.2, 0.25) is 0 Å².